The maximum Gasteiger partial charge on any atom is 0.415 e. The highest BCUT2D eigenvalue weighted by Crippen LogP contribution is 2.20. The van der Waals surface area contributed by atoms with Crippen LogP contribution in [-0.2, 0) is 4.79 Å². The van der Waals surface area contributed by atoms with Crippen LogP contribution in [0.25, 0.3) is 0 Å². The molecule has 0 spiro atoms. The number of nitrogens with zero attached hydrogens (tertiary/aromatic N) is 2. The molecule has 1 fully saturated rings. The van der Waals surface area contributed by atoms with Crippen molar-refractivity contribution < 1.29 is 28.2 Å². The molecule has 0 bridgehead atoms. The minimum Gasteiger partial charge on any atom is -0.390 e. The van der Waals surface area contributed by atoms with Crippen molar-refractivity contribution in [3.63, 3.8) is 0 Å². The zero-order chi connectivity index (χ0) is 14.6. The maximum atomic E-state index is 12.1. The molecule has 2 N–H and O–H groups in total. The van der Waals surface area contributed by atoms with E-state index in [9.17, 15) is 23.1 Å². The Labute approximate surface area is 109 Å². The number of aliphatic hydroxyl groups excluding tert-OH is 2. The topological polar surface area (TPSA) is 64.0 Å². The maximum absolute atomic E-state index is 12.1. The quantitative estimate of drug-likeness (QED) is 0.710. The van der Waals surface area contributed by atoms with Crippen LogP contribution in [0, 0.1) is 0 Å². The minimum atomic E-state index is -4.66. The number of rotatable bonds is 6. The van der Waals surface area contributed by atoms with E-state index in [0.717, 1.165) is 6.42 Å². The zero-order valence-electron chi connectivity index (χ0n) is 10.7. The normalized spacial score (nSPS) is 20.2. The second kappa shape index (κ2) is 6.53. The molecule has 1 aliphatic rings. The van der Waals surface area contributed by atoms with Gasteiger partial charge in [-0.2, -0.15) is 13.2 Å². The van der Waals surface area contributed by atoms with Gasteiger partial charge in [0.1, 0.15) is 0 Å². The average Bonchev–Trinajstić information content (AvgIpc) is 2.62. The lowest BCUT2D eigenvalue weighted by atomic mass is 10.2. The fourth-order valence-electron chi connectivity index (χ4n) is 2.04. The molecule has 0 saturated carbocycles. The van der Waals surface area contributed by atoms with Crippen molar-refractivity contribution >= 4 is 5.91 Å². The van der Waals surface area contributed by atoms with Crippen molar-refractivity contribution in [2.24, 2.45) is 0 Å². The van der Waals surface area contributed by atoms with Gasteiger partial charge in [-0.05, 0) is 13.5 Å². The lowest BCUT2D eigenvalue weighted by Crippen LogP contribution is -2.44. The molecule has 0 aromatic heterocycles. The molecule has 8 heteroatoms. The minimum absolute atomic E-state index is 0.0308. The van der Waals surface area contributed by atoms with Crippen LogP contribution < -0.4 is 0 Å². The van der Waals surface area contributed by atoms with Gasteiger partial charge in [-0.3, -0.25) is 4.79 Å². The van der Waals surface area contributed by atoms with E-state index >= 15 is 0 Å². The predicted molar refractivity (Wildman–Crippen MR) is 61.4 cm³/mol. The smallest absolute Gasteiger partial charge is 0.390 e. The third kappa shape index (κ3) is 5.33. The van der Waals surface area contributed by atoms with Crippen LogP contribution in [0.1, 0.15) is 12.8 Å². The number of likely N-dealkylation sites (N-methyl/N-ethyl adjacent to an activating group) is 1. The standard InChI is InChI=1S/C11H19F3N2O3/c1-15(7-9(18)11(12,13)14)5-8(17)6-16-4-2-3-10(16)19/h8-9,17-18H,2-7H2,1H3. The summed E-state index contributed by atoms with van der Waals surface area (Å²) < 4.78 is 36.4. The summed E-state index contributed by atoms with van der Waals surface area (Å²) in [6.07, 6.45) is -6.82. The highest BCUT2D eigenvalue weighted by Gasteiger charge is 2.38. The fraction of sp³-hybridized carbons (Fsp3) is 0.909. The molecular weight excluding hydrogens is 265 g/mol. The zero-order valence-corrected chi connectivity index (χ0v) is 10.7. The SMILES string of the molecule is CN(CC(O)CN1CCCC1=O)CC(O)C(F)(F)F. The first kappa shape index (κ1) is 16.2. The summed E-state index contributed by atoms with van der Waals surface area (Å²) in [5.41, 5.74) is 0. The van der Waals surface area contributed by atoms with Gasteiger partial charge in [-0.15, -0.1) is 0 Å². The molecule has 2 atom stereocenters. The second-order valence-electron chi connectivity index (χ2n) is 4.88. The number of hydrogen-bond acceptors (Lipinski definition) is 4. The Morgan fingerprint density at radius 2 is 2.00 bits per heavy atom. The molecule has 0 aromatic carbocycles. The van der Waals surface area contributed by atoms with Gasteiger partial charge in [-0.1, -0.05) is 0 Å². The summed E-state index contributed by atoms with van der Waals surface area (Å²) in [6.45, 7) is 0.0570. The van der Waals surface area contributed by atoms with Crippen LogP contribution in [0.2, 0.25) is 0 Å². The summed E-state index contributed by atoms with van der Waals surface area (Å²) in [7, 11) is 1.38. The molecule has 1 aliphatic heterocycles. The Bertz CT molecular complexity index is 312. The van der Waals surface area contributed by atoms with E-state index in [1.54, 1.807) is 0 Å². The number of halogens is 3. The fourth-order valence-corrected chi connectivity index (χ4v) is 2.04. The van der Waals surface area contributed by atoms with Crippen molar-refractivity contribution in [2.45, 2.75) is 31.2 Å². The van der Waals surface area contributed by atoms with Gasteiger partial charge in [0, 0.05) is 32.6 Å². The highest BCUT2D eigenvalue weighted by molar-refractivity contribution is 5.78. The predicted octanol–water partition coefficient (Wildman–Crippen LogP) is -0.175. The van der Waals surface area contributed by atoms with Crippen LogP contribution in [0.4, 0.5) is 13.2 Å². The molecule has 2 unspecified atom stereocenters. The average molecular weight is 284 g/mol. The van der Waals surface area contributed by atoms with Crippen LogP contribution in [-0.4, -0.2) is 77.5 Å². The lowest BCUT2D eigenvalue weighted by Gasteiger charge is -2.26. The van der Waals surface area contributed by atoms with Crippen LogP contribution in [0.15, 0.2) is 0 Å². The van der Waals surface area contributed by atoms with E-state index in [2.05, 4.69) is 0 Å². The third-order valence-corrected chi connectivity index (χ3v) is 2.99. The summed E-state index contributed by atoms with van der Waals surface area (Å²) in [4.78, 5) is 14.0. The Kier molecular flexibility index (Phi) is 5.57. The summed E-state index contributed by atoms with van der Waals surface area (Å²) in [6, 6.07) is 0. The molecule has 1 saturated heterocycles. The molecule has 1 amide bonds. The van der Waals surface area contributed by atoms with Crippen molar-refractivity contribution in [1.82, 2.24) is 9.80 Å². The van der Waals surface area contributed by atoms with Crippen molar-refractivity contribution in [2.75, 3.05) is 33.2 Å². The Morgan fingerprint density at radius 3 is 2.47 bits per heavy atom. The monoisotopic (exact) mass is 284 g/mol. The van der Waals surface area contributed by atoms with Crippen molar-refractivity contribution in [1.29, 1.82) is 0 Å². The van der Waals surface area contributed by atoms with Crippen LogP contribution >= 0.6 is 0 Å². The van der Waals surface area contributed by atoms with Gasteiger partial charge in [0.25, 0.3) is 0 Å². The molecule has 1 rings (SSSR count). The summed E-state index contributed by atoms with van der Waals surface area (Å²) in [5.74, 6) is -0.0444. The van der Waals surface area contributed by atoms with Gasteiger partial charge in [0.2, 0.25) is 5.91 Å². The summed E-state index contributed by atoms with van der Waals surface area (Å²) in [5, 5.41) is 18.6. The van der Waals surface area contributed by atoms with E-state index in [1.807, 2.05) is 0 Å². The van der Waals surface area contributed by atoms with E-state index < -0.39 is 24.9 Å². The highest BCUT2D eigenvalue weighted by atomic mass is 19.4. The molecular formula is C11H19F3N2O3. The first-order chi connectivity index (χ1) is 8.70. The van der Waals surface area contributed by atoms with Gasteiger partial charge in [0.05, 0.1) is 6.10 Å². The molecule has 5 nitrogen and oxygen atoms in total. The number of β-amino-alcohol motifs (C(OH)–C–C–N with tert-alkyl or cyclic N) is 1. The molecule has 0 radical (unpaired) electrons. The number of likely N-dealkylation sites (tertiary alicyclic amines) is 1. The molecule has 112 valence electrons. The first-order valence-electron chi connectivity index (χ1n) is 6.09. The Morgan fingerprint density at radius 1 is 1.37 bits per heavy atom. The van der Waals surface area contributed by atoms with Gasteiger partial charge in [-0.25, -0.2) is 0 Å². The first-order valence-corrected chi connectivity index (χ1v) is 6.09. The number of alkyl halides is 3. The van der Waals surface area contributed by atoms with E-state index in [4.69, 9.17) is 5.11 Å². The number of hydrogen-bond donors (Lipinski definition) is 2. The molecule has 0 aromatic rings. The van der Waals surface area contributed by atoms with Crippen molar-refractivity contribution in [3.8, 4) is 0 Å². The lowest BCUT2D eigenvalue weighted by molar-refractivity contribution is -0.207. The largest absolute Gasteiger partial charge is 0.415 e. The summed E-state index contributed by atoms with van der Waals surface area (Å²) >= 11 is 0. The van der Waals surface area contributed by atoms with E-state index in [-0.39, 0.29) is 19.0 Å². The van der Waals surface area contributed by atoms with Crippen molar-refractivity contribution in [3.05, 3.63) is 0 Å². The molecule has 19 heavy (non-hydrogen) atoms. The van der Waals surface area contributed by atoms with E-state index in [1.165, 1.54) is 16.8 Å². The van der Waals surface area contributed by atoms with Gasteiger partial charge < -0.3 is 20.0 Å². The Balaban J connectivity index is 2.31. The number of carbonyl (C=O) groups excluding carboxylic acids is 1. The number of amides is 1. The number of carbonyl (C=O) groups is 1. The number of aliphatic hydroxyl groups is 2. The van der Waals surface area contributed by atoms with Gasteiger partial charge in [0.15, 0.2) is 6.10 Å². The molecule has 0 aliphatic carbocycles. The van der Waals surface area contributed by atoms with E-state index in [0.29, 0.717) is 13.0 Å². The van der Waals surface area contributed by atoms with Gasteiger partial charge >= 0.3 is 6.18 Å². The van der Waals surface area contributed by atoms with Crippen LogP contribution in [0.3, 0.4) is 0 Å². The Hall–Kier alpha value is -0.860. The second-order valence-corrected chi connectivity index (χ2v) is 4.88. The molecule has 1 heterocycles. The third-order valence-electron chi connectivity index (χ3n) is 2.99. The van der Waals surface area contributed by atoms with Crippen LogP contribution in [0.5, 0.6) is 0 Å².